The van der Waals surface area contributed by atoms with Crippen LogP contribution >= 0.6 is 15.9 Å². The van der Waals surface area contributed by atoms with Crippen molar-refractivity contribution >= 4 is 39.3 Å². The number of Topliss-reactive ketones (excluding diaryl/α,β-unsaturated/α-hetero) is 1. The van der Waals surface area contributed by atoms with Crippen LogP contribution in [-0.2, 0) is 15.7 Å². The smallest absolute Gasteiger partial charge is 0.419 e. The maximum Gasteiger partial charge on any atom is 0.419 e. The number of nitrogens with one attached hydrogen (secondary N) is 1. The van der Waals surface area contributed by atoms with E-state index in [1.165, 1.54) is 7.11 Å². The van der Waals surface area contributed by atoms with Gasteiger partial charge in [0, 0.05) is 38.6 Å². The molecule has 3 heterocycles. The average Bonchev–Trinajstić information content (AvgIpc) is 3.38. The van der Waals surface area contributed by atoms with Crippen molar-refractivity contribution in [2.24, 2.45) is 5.41 Å². The van der Waals surface area contributed by atoms with Crippen LogP contribution in [0.3, 0.4) is 0 Å². The maximum absolute atomic E-state index is 14.1. The molecule has 1 atom stereocenters. The molecular weight excluding hydrogens is 561 g/mol. The summed E-state index contributed by atoms with van der Waals surface area (Å²) >= 11 is 3.06. The minimum Gasteiger partial charge on any atom is -0.444 e. The molecule has 0 saturated carbocycles. The molecule has 37 heavy (non-hydrogen) atoms. The third kappa shape index (κ3) is 6.32. The van der Waals surface area contributed by atoms with Gasteiger partial charge in [-0.1, -0.05) is 6.92 Å². The normalized spacial score (nSPS) is 18.2. The zero-order chi connectivity index (χ0) is 27.8. The molecule has 2 aromatic heterocycles. The molecule has 0 bridgehead atoms. The zero-order valence-corrected chi connectivity index (χ0v) is 22.7. The van der Waals surface area contributed by atoms with E-state index in [0.717, 1.165) is 4.52 Å². The first-order valence-electron chi connectivity index (χ1n) is 11.4. The van der Waals surface area contributed by atoms with Gasteiger partial charge in [0.05, 0.1) is 16.6 Å². The van der Waals surface area contributed by atoms with Crippen LogP contribution < -0.4 is 10.2 Å². The number of alkyl halides is 3. The summed E-state index contributed by atoms with van der Waals surface area (Å²) in [6.45, 7) is 8.00. The van der Waals surface area contributed by atoms with Crippen molar-refractivity contribution in [3.8, 4) is 6.07 Å². The summed E-state index contributed by atoms with van der Waals surface area (Å²) in [5, 5.41) is 16.5. The number of ether oxygens (including phenoxy) is 2. The second-order valence-corrected chi connectivity index (χ2v) is 11.0. The Balaban J connectivity index is 2.04. The molecule has 1 fully saturated rings. The molecule has 14 heteroatoms. The number of fused-ring (bicyclic) bond motifs is 1. The molecule has 202 valence electrons. The minimum absolute atomic E-state index is 0.0145. The molecular formula is C23H28BrF3N6O4. The number of hydrogen-bond acceptors (Lipinski definition) is 8. The Bertz CT molecular complexity index is 1250. The summed E-state index contributed by atoms with van der Waals surface area (Å²) in [6.07, 6.45) is -5.01. The van der Waals surface area contributed by atoms with Gasteiger partial charge in [0.15, 0.2) is 5.65 Å². The topological polar surface area (TPSA) is 122 Å². The van der Waals surface area contributed by atoms with Gasteiger partial charge in [-0.15, -0.1) is 5.10 Å². The van der Waals surface area contributed by atoms with Gasteiger partial charge in [0.25, 0.3) is 0 Å². The van der Waals surface area contributed by atoms with Crippen molar-refractivity contribution in [2.45, 2.75) is 52.3 Å². The molecule has 3 rings (SSSR count). The lowest BCUT2D eigenvalue weighted by atomic mass is 9.90. The van der Waals surface area contributed by atoms with E-state index in [4.69, 9.17) is 9.47 Å². The van der Waals surface area contributed by atoms with Crippen LogP contribution in [0.2, 0.25) is 0 Å². The van der Waals surface area contributed by atoms with Crippen LogP contribution in [0.1, 0.15) is 62.3 Å². The lowest BCUT2D eigenvalue weighted by molar-refractivity contribution is -0.138. The lowest BCUT2D eigenvalue weighted by Crippen LogP contribution is -2.40. The Morgan fingerprint density at radius 1 is 1.30 bits per heavy atom. The van der Waals surface area contributed by atoms with E-state index in [9.17, 15) is 28.0 Å². The summed E-state index contributed by atoms with van der Waals surface area (Å²) in [5.41, 5.74) is -3.48. The Labute approximate surface area is 220 Å². The van der Waals surface area contributed by atoms with Crippen LogP contribution in [0.15, 0.2) is 4.47 Å². The lowest BCUT2D eigenvalue weighted by Gasteiger charge is -2.28. The molecule has 1 N–H and O–H groups in total. The third-order valence-corrected chi connectivity index (χ3v) is 6.54. The van der Waals surface area contributed by atoms with E-state index < -0.39 is 40.2 Å². The van der Waals surface area contributed by atoms with Crippen LogP contribution in [0.5, 0.6) is 0 Å². The molecule has 1 aliphatic rings. The number of anilines is 1. The van der Waals surface area contributed by atoms with Gasteiger partial charge in [-0.2, -0.15) is 22.9 Å². The Hall–Kier alpha value is -2.92. The zero-order valence-electron chi connectivity index (χ0n) is 21.1. The van der Waals surface area contributed by atoms with E-state index >= 15 is 0 Å². The van der Waals surface area contributed by atoms with Gasteiger partial charge in [-0.25, -0.2) is 9.78 Å². The number of carbonyl (C=O) groups is 2. The molecule has 0 aromatic carbocycles. The highest BCUT2D eigenvalue weighted by Gasteiger charge is 2.43. The number of hydrogen-bond donors (Lipinski definition) is 1. The first-order chi connectivity index (χ1) is 17.1. The highest BCUT2D eigenvalue weighted by molar-refractivity contribution is 9.10. The fourth-order valence-electron chi connectivity index (χ4n) is 4.07. The summed E-state index contributed by atoms with van der Waals surface area (Å²) in [5.74, 6) is -0.826. The van der Waals surface area contributed by atoms with Crippen molar-refractivity contribution in [1.82, 2.24) is 19.9 Å². The predicted octanol–water partition coefficient (Wildman–Crippen LogP) is 4.34. The minimum atomic E-state index is -4.88. The van der Waals surface area contributed by atoms with E-state index in [2.05, 4.69) is 31.3 Å². The van der Waals surface area contributed by atoms with E-state index in [1.807, 2.05) is 6.92 Å². The molecule has 10 nitrogen and oxygen atoms in total. The molecule has 0 aliphatic carbocycles. The SMILES string of the molecule is COCCC(=O)c1nc2c(C#N)c(C(F)(F)F)c(Br)c(N3CC[C@@](C)(CNC(=O)OC(C)(C)C)C3)n2n1. The average molecular weight is 589 g/mol. The number of nitriles is 1. The van der Waals surface area contributed by atoms with Gasteiger partial charge >= 0.3 is 12.3 Å². The number of nitrogens with zero attached hydrogens (tertiary/aromatic N) is 5. The number of halogens is 4. The number of rotatable bonds is 7. The van der Waals surface area contributed by atoms with Crippen LogP contribution in [0, 0.1) is 16.7 Å². The Kier molecular flexibility index (Phi) is 8.09. The fourth-order valence-corrected chi connectivity index (χ4v) is 4.91. The first kappa shape index (κ1) is 28.6. The van der Waals surface area contributed by atoms with Crippen molar-refractivity contribution in [1.29, 1.82) is 5.26 Å². The van der Waals surface area contributed by atoms with E-state index in [1.54, 1.807) is 31.7 Å². The number of amides is 1. The van der Waals surface area contributed by atoms with Crippen LogP contribution in [0.25, 0.3) is 5.65 Å². The molecule has 0 spiro atoms. The summed E-state index contributed by atoms with van der Waals surface area (Å²) in [7, 11) is 1.41. The maximum atomic E-state index is 14.1. The van der Waals surface area contributed by atoms with Crippen molar-refractivity contribution < 1.29 is 32.2 Å². The number of aromatic nitrogens is 3. The molecule has 1 saturated heterocycles. The standard InChI is InChI=1S/C23H28BrF3N6O4/c1-21(2,3)37-20(35)29-11-22(4)7-8-32(12-22)19-16(24)15(23(25,26)27)13(10-28)18-30-17(31-33(18)19)14(34)6-9-36-5/h6-9,11-12H2,1-5H3,(H,29,35)/t22-/m0/s1. The molecule has 1 amide bonds. The second kappa shape index (κ2) is 10.4. The predicted molar refractivity (Wildman–Crippen MR) is 130 cm³/mol. The number of carbonyl (C=O) groups excluding carboxylic acids is 2. The molecule has 0 unspecified atom stereocenters. The molecule has 1 aliphatic heterocycles. The highest BCUT2D eigenvalue weighted by Crippen LogP contribution is 2.45. The monoisotopic (exact) mass is 588 g/mol. The van der Waals surface area contributed by atoms with Gasteiger partial charge < -0.3 is 19.7 Å². The summed E-state index contributed by atoms with van der Waals surface area (Å²) < 4.78 is 53.2. The van der Waals surface area contributed by atoms with Crippen molar-refractivity contribution in [2.75, 3.05) is 38.3 Å². The van der Waals surface area contributed by atoms with E-state index in [-0.39, 0.29) is 47.9 Å². The van der Waals surface area contributed by atoms with Gasteiger partial charge in [-0.05, 0) is 43.1 Å². The number of ketones is 1. The van der Waals surface area contributed by atoms with Crippen molar-refractivity contribution in [3.05, 3.63) is 21.4 Å². The molecule has 2 aromatic rings. The van der Waals surface area contributed by atoms with Crippen LogP contribution in [-0.4, -0.2) is 65.4 Å². The summed E-state index contributed by atoms with van der Waals surface area (Å²) in [6, 6.07) is 1.58. The first-order valence-corrected chi connectivity index (χ1v) is 12.2. The quantitative estimate of drug-likeness (QED) is 0.474. The van der Waals surface area contributed by atoms with Gasteiger partial charge in [0.1, 0.15) is 23.1 Å². The van der Waals surface area contributed by atoms with Crippen molar-refractivity contribution in [3.63, 3.8) is 0 Å². The number of methoxy groups -OCH3 is 1. The fraction of sp³-hybridized carbons (Fsp3) is 0.609. The van der Waals surface area contributed by atoms with Gasteiger partial charge in [-0.3, -0.25) is 4.79 Å². The van der Waals surface area contributed by atoms with Crippen LogP contribution in [0.4, 0.5) is 23.8 Å². The Morgan fingerprint density at radius 2 is 1.97 bits per heavy atom. The van der Waals surface area contributed by atoms with Gasteiger partial charge in [0.2, 0.25) is 11.6 Å². The number of pyridine rings is 1. The Morgan fingerprint density at radius 3 is 2.54 bits per heavy atom. The van der Waals surface area contributed by atoms with E-state index in [0.29, 0.717) is 13.0 Å². The second-order valence-electron chi connectivity index (χ2n) is 10.2. The summed E-state index contributed by atoms with van der Waals surface area (Å²) in [4.78, 5) is 30.3. The highest BCUT2D eigenvalue weighted by atomic mass is 79.9. The molecule has 0 radical (unpaired) electrons. The largest absolute Gasteiger partial charge is 0.444 e. The number of alkyl carbamates (subject to hydrolysis) is 1. The third-order valence-electron chi connectivity index (χ3n) is 5.79.